The van der Waals surface area contributed by atoms with Gasteiger partial charge in [-0.2, -0.15) is 0 Å². The highest BCUT2D eigenvalue weighted by molar-refractivity contribution is 5.96. The molecule has 0 bridgehead atoms. The van der Waals surface area contributed by atoms with Gasteiger partial charge in [0, 0.05) is 0 Å². The molecule has 0 aliphatic carbocycles. The molecule has 0 saturated heterocycles. The first-order chi connectivity index (χ1) is 19.8. The Kier molecular flexibility index (Phi) is 15.7. The maximum Gasteiger partial charge on any atom is 0.326 e. The summed E-state index contributed by atoms with van der Waals surface area (Å²) in [4.78, 5) is 73.8. The van der Waals surface area contributed by atoms with E-state index < -0.39 is 84.9 Å². The smallest absolute Gasteiger partial charge is 0.326 e. The first kappa shape index (κ1) is 35.9. The molecule has 0 unspecified atom stereocenters. The van der Waals surface area contributed by atoms with Crippen molar-refractivity contribution < 1.29 is 49.2 Å². The van der Waals surface area contributed by atoms with Crippen LogP contribution >= 0.6 is 0 Å². The van der Waals surface area contributed by atoms with Crippen molar-refractivity contribution in [3.05, 3.63) is 35.9 Å². The van der Waals surface area contributed by atoms with Crippen LogP contribution in [0.4, 0.5) is 0 Å². The molecular weight excluding hydrogens is 556 g/mol. The minimum Gasteiger partial charge on any atom is -0.481 e. The van der Waals surface area contributed by atoms with Crippen LogP contribution in [0.5, 0.6) is 0 Å². The zero-order valence-electron chi connectivity index (χ0n) is 23.2. The zero-order chi connectivity index (χ0) is 31.8. The average molecular weight is 597 g/mol. The summed E-state index contributed by atoms with van der Waals surface area (Å²) in [5.74, 6) is -7.03. The largest absolute Gasteiger partial charge is 0.481 e. The fourth-order valence-corrected chi connectivity index (χ4v) is 3.76. The van der Waals surface area contributed by atoms with E-state index in [4.69, 9.17) is 11.5 Å². The molecule has 0 fully saturated rings. The van der Waals surface area contributed by atoms with Gasteiger partial charge in [0.25, 0.3) is 0 Å². The quantitative estimate of drug-likeness (QED) is 0.0698. The number of nitrogens with one attached hydrogen (secondary N) is 4. The molecule has 0 radical (unpaired) electrons. The highest BCUT2D eigenvalue weighted by Gasteiger charge is 2.33. The third-order valence-electron chi connectivity index (χ3n) is 6.09. The number of aliphatic hydroxyl groups is 2. The molecule has 0 saturated carbocycles. The summed E-state index contributed by atoms with van der Waals surface area (Å²) < 4.78 is 0. The average Bonchev–Trinajstić information content (AvgIpc) is 2.93. The molecule has 4 amide bonds. The Morgan fingerprint density at radius 3 is 1.90 bits per heavy atom. The summed E-state index contributed by atoms with van der Waals surface area (Å²) in [6.07, 6.45) is -1.42. The minimum atomic E-state index is -1.76. The number of carbonyl (C=O) groups excluding carboxylic acids is 4. The van der Waals surface area contributed by atoms with Crippen molar-refractivity contribution in [3.8, 4) is 0 Å². The number of rotatable bonds is 19. The third kappa shape index (κ3) is 12.6. The molecule has 16 heteroatoms. The van der Waals surface area contributed by atoms with E-state index in [0.717, 1.165) is 5.56 Å². The van der Waals surface area contributed by atoms with E-state index >= 15 is 0 Å². The fraction of sp³-hybridized carbons (Fsp3) is 0.538. The van der Waals surface area contributed by atoms with E-state index in [-0.39, 0.29) is 12.8 Å². The minimum absolute atomic E-state index is 0.00277. The van der Waals surface area contributed by atoms with Crippen molar-refractivity contribution in [1.29, 1.82) is 0 Å². The predicted octanol–water partition coefficient (Wildman–Crippen LogP) is -3.44. The summed E-state index contributed by atoms with van der Waals surface area (Å²) in [5.41, 5.74) is 12.1. The van der Waals surface area contributed by atoms with Crippen molar-refractivity contribution in [2.45, 2.75) is 75.3 Å². The lowest BCUT2D eigenvalue weighted by Crippen LogP contribution is -2.61. The van der Waals surface area contributed by atoms with Gasteiger partial charge < -0.3 is 53.2 Å². The molecule has 1 aromatic carbocycles. The Morgan fingerprint density at radius 2 is 1.38 bits per heavy atom. The summed E-state index contributed by atoms with van der Waals surface area (Å²) in [7, 11) is 0. The van der Waals surface area contributed by atoms with Crippen LogP contribution in [-0.4, -0.2) is 105 Å². The van der Waals surface area contributed by atoms with E-state index in [9.17, 15) is 49.2 Å². The van der Waals surface area contributed by atoms with Crippen LogP contribution in [0.25, 0.3) is 0 Å². The van der Waals surface area contributed by atoms with Crippen LogP contribution in [0, 0.1) is 0 Å². The maximum absolute atomic E-state index is 12.9. The van der Waals surface area contributed by atoms with Crippen LogP contribution in [0.15, 0.2) is 30.3 Å². The van der Waals surface area contributed by atoms with Gasteiger partial charge in [0.05, 0.1) is 25.2 Å². The molecule has 1 rings (SSSR count). The molecule has 42 heavy (non-hydrogen) atoms. The van der Waals surface area contributed by atoms with Crippen LogP contribution in [0.3, 0.4) is 0 Å². The zero-order valence-corrected chi connectivity index (χ0v) is 23.2. The molecule has 16 nitrogen and oxygen atoms in total. The SMILES string of the molecule is C[C@@H](O)[C@H](NC(=O)[C@@H](N)Cc1ccccc1)C(=O)N[C@@H](CO)C(=O)N[C@@H](CC(=O)O)C(=O)N[C@@H](CCCCN)C(=O)O. The topological polar surface area (TPSA) is 284 Å². The molecule has 234 valence electrons. The predicted molar refractivity (Wildman–Crippen MR) is 147 cm³/mol. The number of unbranched alkanes of at least 4 members (excludes halogenated alkanes) is 1. The molecule has 0 aromatic heterocycles. The van der Waals surface area contributed by atoms with Gasteiger partial charge >= 0.3 is 11.9 Å². The molecule has 12 N–H and O–H groups in total. The van der Waals surface area contributed by atoms with Gasteiger partial charge in [-0.25, -0.2) is 4.79 Å². The lowest BCUT2D eigenvalue weighted by molar-refractivity contribution is -0.144. The van der Waals surface area contributed by atoms with Crippen LogP contribution in [0.1, 0.15) is 38.2 Å². The second-order valence-electron chi connectivity index (χ2n) is 9.61. The van der Waals surface area contributed by atoms with E-state index in [0.29, 0.717) is 19.4 Å². The Labute approximate surface area is 242 Å². The number of aliphatic carboxylic acids is 2. The van der Waals surface area contributed by atoms with Crippen molar-refractivity contribution >= 4 is 35.6 Å². The van der Waals surface area contributed by atoms with Gasteiger partial charge in [-0.15, -0.1) is 0 Å². The number of hydrogen-bond acceptors (Lipinski definition) is 10. The lowest BCUT2D eigenvalue weighted by atomic mass is 10.0. The summed E-state index contributed by atoms with van der Waals surface area (Å²) in [6, 6.07) is 1.23. The van der Waals surface area contributed by atoms with Gasteiger partial charge in [0.2, 0.25) is 23.6 Å². The van der Waals surface area contributed by atoms with E-state index in [2.05, 4.69) is 21.3 Å². The van der Waals surface area contributed by atoms with Crippen molar-refractivity contribution in [2.24, 2.45) is 11.5 Å². The van der Waals surface area contributed by atoms with Gasteiger partial charge in [-0.1, -0.05) is 30.3 Å². The number of nitrogens with two attached hydrogens (primary N) is 2. The molecule has 0 spiro atoms. The van der Waals surface area contributed by atoms with E-state index in [1.165, 1.54) is 6.92 Å². The molecular formula is C26H40N6O10. The molecule has 0 aliphatic rings. The Morgan fingerprint density at radius 1 is 0.810 bits per heavy atom. The normalized spacial score (nSPS) is 15.2. The van der Waals surface area contributed by atoms with Gasteiger partial charge in [0.15, 0.2) is 0 Å². The van der Waals surface area contributed by atoms with Crippen molar-refractivity contribution in [1.82, 2.24) is 21.3 Å². The lowest BCUT2D eigenvalue weighted by Gasteiger charge is -2.26. The van der Waals surface area contributed by atoms with Gasteiger partial charge in [-0.05, 0) is 44.7 Å². The highest BCUT2D eigenvalue weighted by atomic mass is 16.4. The number of carboxylic acid groups (broad SMARTS) is 2. The van der Waals surface area contributed by atoms with Gasteiger partial charge in [-0.3, -0.25) is 24.0 Å². The summed E-state index contributed by atoms with van der Waals surface area (Å²) in [6.45, 7) is 0.483. The van der Waals surface area contributed by atoms with Crippen LogP contribution < -0.4 is 32.7 Å². The number of aliphatic hydroxyl groups excluding tert-OH is 2. The Hall–Kier alpha value is -4.12. The maximum atomic E-state index is 12.9. The summed E-state index contributed by atoms with van der Waals surface area (Å²) in [5, 5.41) is 47.1. The first-order valence-electron chi connectivity index (χ1n) is 13.2. The first-order valence-corrected chi connectivity index (χ1v) is 13.2. The molecule has 0 heterocycles. The second-order valence-corrected chi connectivity index (χ2v) is 9.61. The molecule has 1 aromatic rings. The highest BCUT2D eigenvalue weighted by Crippen LogP contribution is 2.05. The Balaban J connectivity index is 2.92. The Bertz CT molecular complexity index is 1070. The summed E-state index contributed by atoms with van der Waals surface area (Å²) >= 11 is 0. The third-order valence-corrected chi connectivity index (χ3v) is 6.09. The van der Waals surface area contributed by atoms with Crippen LogP contribution in [0.2, 0.25) is 0 Å². The van der Waals surface area contributed by atoms with Crippen LogP contribution in [-0.2, 0) is 35.2 Å². The van der Waals surface area contributed by atoms with Crippen molar-refractivity contribution in [2.75, 3.05) is 13.2 Å². The number of hydrogen-bond donors (Lipinski definition) is 10. The number of amides is 4. The van der Waals surface area contributed by atoms with Gasteiger partial charge in [0.1, 0.15) is 24.2 Å². The van der Waals surface area contributed by atoms with Crippen molar-refractivity contribution in [3.63, 3.8) is 0 Å². The number of carbonyl (C=O) groups is 6. The number of carboxylic acids is 2. The second kappa shape index (κ2) is 18.3. The molecule has 6 atom stereocenters. The monoisotopic (exact) mass is 596 g/mol. The van der Waals surface area contributed by atoms with E-state index in [1.54, 1.807) is 30.3 Å². The fourth-order valence-electron chi connectivity index (χ4n) is 3.76. The number of benzene rings is 1. The van der Waals surface area contributed by atoms with E-state index in [1.807, 2.05) is 0 Å². The molecule has 0 aliphatic heterocycles. The standard InChI is InChI=1S/C26H40N6O10/c1-14(34)21(32-22(37)16(28)11-15-7-3-2-4-8-15)25(40)31-19(13-33)24(39)30-18(12-20(35)36)23(38)29-17(26(41)42)9-5-6-10-27/h2-4,7-8,14,16-19,21,33-34H,5-6,9-13,27-28H2,1H3,(H,29,38)(H,30,39)(H,31,40)(H,32,37)(H,35,36)(H,41,42)/t14-,16+,17+,18+,19+,21+/m1/s1.